The van der Waals surface area contributed by atoms with Crippen LogP contribution < -0.4 is 10.6 Å². The lowest BCUT2D eigenvalue weighted by molar-refractivity contribution is -0.121. The molecule has 0 saturated heterocycles. The van der Waals surface area contributed by atoms with E-state index < -0.39 is 6.09 Å². The summed E-state index contributed by atoms with van der Waals surface area (Å²) in [4.78, 5) is 37.8. The third-order valence-corrected chi connectivity index (χ3v) is 4.81. The number of anilines is 1. The Bertz CT molecular complexity index is 1040. The first-order chi connectivity index (χ1) is 15.2. The number of carbonyl (C=O) groups excluding carboxylic acids is 3. The van der Waals surface area contributed by atoms with Gasteiger partial charge in [0.05, 0.1) is 31.2 Å². The topological polar surface area (TPSA) is 106 Å². The Hall–Kier alpha value is -3.80. The smallest absolute Gasteiger partial charge is 0.411 e. The maximum Gasteiger partial charge on any atom is 0.411 e. The van der Waals surface area contributed by atoms with Crippen LogP contribution in [0.2, 0.25) is 0 Å². The third-order valence-electron chi connectivity index (χ3n) is 4.81. The van der Waals surface area contributed by atoms with E-state index >= 15 is 0 Å². The van der Waals surface area contributed by atoms with E-state index in [1.54, 1.807) is 29.5 Å². The number of ether oxygens (including phenoxy) is 1. The fourth-order valence-corrected chi connectivity index (χ4v) is 3.25. The maximum absolute atomic E-state index is 12.9. The molecule has 2 heterocycles. The average Bonchev–Trinajstić information content (AvgIpc) is 3.21. The predicted molar refractivity (Wildman–Crippen MR) is 122 cm³/mol. The van der Waals surface area contributed by atoms with E-state index in [0.717, 1.165) is 5.56 Å². The fourth-order valence-electron chi connectivity index (χ4n) is 3.25. The molecule has 1 unspecified atom stereocenters. The summed E-state index contributed by atoms with van der Waals surface area (Å²) in [6, 6.07) is 7.23. The summed E-state index contributed by atoms with van der Waals surface area (Å²) < 4.78 is 6.39. The highest BCUT2D eigenvalue weighted by Gasteiger charge is 2.31. The number of hydrogen-bond acceptors (Lipinski definition) is 5. The van der Waals surface area contributed by atoms with Crippen LogP contribution in [-0.2, 0) is 9.53 Å². The number of nitrogens with zero attached hydrogens (tertiary/aromatic N) is 3. The van der Waals surface area contributed by atoms with Crippen molar-refractivity contribution >= 4 is 23.6 Å². The lowest BCUT2D eigenvalue weighted by Gasteiger charge is -2.31. The lowest BCUT2D eigenvalue weighted by atomic mass is 10.1. The zero-order valence-corrected chi connectivity index (χ0v) is 19.1. The standard InChI is InChI=1S/C20H25N5O4.C3H4/c1-5-18(26)21-11-24-10-13(3)25-17(19(24)27)9-16(23-25)14-7-6-12(2)8-15(14)22-20(28)29-4;1-3-2/h6-9,13H,5,10-11H2,1-4H3,(H,21,26)(H,22,28);1H,2H3. The molecular weight excluding hydrogens is 410 g/mol. The molecule has 1 aliphatic rings. The van der Waals surface area contributed by atoms with Crippen molar-refractivity contribution in [2.75, 3.05) is 25.6 Å². The number of hydrogen-bond donors (Lipinski definition) is 2. The molecule has 2 aromatic rings. The Labute approximate surface area is 188 Å². The van der Waals surface area contributed by atoms with Crippen LogP contribution in [0.1, 0.15) is 49.3 Å². The molecular formula is C23H29N5O4. The van der Waals surface area contributed by atoms with E-state index in [1.807, 2.05) is 32.0 Å². The van der Waals surface area contributed by atoms with Crippen LogP contribution in [0.15, 0.2) is 24.3 Å². The van der Waals surface area contributed by atoms with Gasteiger partial charge >= 0.3 is 6.09 Å². The first kappa shape index (κ1) is 24.5. The summed E-state index contributed by atoms with van der Waals surface area (Å²) in [6.07, 6.45) is 4.38. The van der Waals surface area contributed by atoms with Crippen LogP contribution in [0.5, 0.6) is 0 Å². The molecule has 9 nitrogen and oxygen atoms in total. The molecule has 9 heteroatoms. The highest BCUT2D eigenvalue weighted by Crippen LogP contribution is 2.31. The van der Waals surface area contributed by atoms with Crippen LogP contribution in [0, 0.1) is 19.3 Å². The minimum absolute atomic E-state index is 0.0579. The van der Waals surface area contributed by atoms with E-state index in [0.29, 0.717) is 35.6 Å². The van der Waals surface area contributed by atoms with E-state index in [1.165, 1.54) is 7.11 Å². The van der Waals surface area contributed by atoms with Crippen molar-refractivity contribution in [3.05, 3.63) is 35.5 Å². The zero-order chi connectivity index (χ0) is 23.8. The maximum atomic E-state index is 12.9. The van der Waals surface area contributed by atoms with Crippen molar-refractivity contribution in [1.29, 1.82) is 0 Å². The van der Waals surface area contributed by atoms with E-state index in [9.17, 15) is 14.4 Å². The summed E-state index contributed by atoms with van der Waals surface area (Å²) in [6.45, 7) is 7.90. The minimum Gasteiger partial charge on any atom is -0.453 e. The number of rotatable bonds is 5. The van der Waals surface area contributed by atoms with Crippen molar-refractivity contribution in [1.82, 2.24) is 20.0 Å². The SMILES string of the molecule is C#CC.CCC(=O)NCN1CC(C)n2nc(-c3ccc(C)cc3NC(=O)OC)cc2C1=O. The van der Waals surface area contributed by atoms with Gasteiger partial charge in [0.25, 0.3) is 5.91 Å². The van der Waals surface area contributed by atoms with Crippen LogP contribution in [0.25, 0.3) is 11.3 Å². The molecule has 1 atom stereocenters. The van der Waals surface area contributed by atoms with Crippen LogP contribution in [-0.4, -0.2) is 52.9 Å². The van der Waals surface area contributed by atoms with Gasteiger partial charge in [-0.05, 0) is 38.5 Å². The Morgan fingerprint density at radius 1 is 1.34 bits per heavy atom. The number of methoxy groups -OCH3 is 1. The van der Waals surface area contributed by atoms with E-state index in [4.69, 9.17) is 4.74 Å². The number of carbonyl (C=O) groups is 3. The van der Waals surface area contributed by atoms with Crippen molar-refractivity contribution < 1.29 is 19.1 Å². The molecule has 1 aromatic carbocycles. The number of aromatic nitrogens is 2. The largest absolute Gasteiger partial charge is 0.453 e. The second-order valence-electron chi connectivity index (χ2n) is 7.30. The summed E-state index contributed by atoms with van der Waals surface area (Å²) in [5.74, 6) is 1.94. The molecule has 0 bridgehead atoms. The molecule has 0 saturated carbocycles. The van der Waals surface area contributed by atoms with Crippen LogP contribution >= 0.6 is 0 Å². The Morgan fingerprint density at radius 3 is 2.66 bits per heavy atom. The number of nitrogens with one attached hydrogen (secondary N) is 2. The molecule has 1 aliphatic heterocycles. The van der Waals surface area contributed by atoms with Crippen molar-refractivity contribution in [3.63, 3.8) is 0 Å². The highest BCUT2D eigenvalue weighted by atomic mass is 16.5. The van der Waals surface area contributed by atoms with E-state index in [2.05, 4.69) is 28.1 Å². The van der Waals surface area contributed by atoms with Crippen molar-refractivity contribution in [3.8, 4) is 23.6 Å². The van der Waals surface area contributed by atoms with Gasteiger partial charge in [-0.2, -0.15) is 5.10 Å². The normalized spacial score (nSPS) is 14.4. The highest BCUT2D eigenvalue weighted by molar-refractivity contribution is 5.96. The van der Waals surface area contributed by atoms with Gasteiger partial charge in [-0.25, -0.2) is 4.79 Å². The molecule has 0 fully saturated rings. The quantitative estimate of drug-likeness (QED) is 0.696. The molecule has 0 spiro atoms. The molecule has 0 aliphatic carbocycles. The monoisotopic (exact) mass is 439 g/mol. The Kier molecular flexibility index (Phi) is 8.41. The van der Waals surface area contributed by atoms with E-state index in [-0.39, 0.29) is 24.5 Å². The molecule has 2 N–H and O–H groups in total. The average molecular weight is 440 g/mol. The van der Waals surface area contributed by atoms with Gasteiger partial charge in [0.2, 0.25) is 5.91 Å². The van der Waals surface area contributed by atoms with Gasteiger partial charge in [-0.3, -0.25) is 19.6 Å². The number of aryl methyl sites for hydroxylation is 1. The lowest BCUT2D eigenvalue weighted by Crippen LogP contribution is -2.47. The van der Waals surface area contributed by atoms with Crippen molar-refractivity contribution in [2.24, 2.45) is 0 Å². The summed E-state index contributed by atoms with van der Waals surface area (Å²) in [5, 5.41) is 10.0. The van der Waals surface area contributed by atoms with Crippen LogP contribution in [0.3, 0.4) is 0 Å². The third kappa shape index (κ3) is 5.66. The molecule has 3 rings (SSSR count). The molecule has 32 heavy (non-hydrogen) atoms. The van der Waals surface area contributed by atoms with Gasteiger partial charge < -0.3 is 15.0 Å². The summed E-state index contributed by atoms with van der Waals surface area (Å²) in [5.41, 5.74) is 3.22. The first-order valence-corrected chi connectivity index (χ1v) is 10.2. The number of benzene rings is 1. The van der Waals surface area contributed by atoms with Crippen LogP contribution in [0.4, 0.5) is 10.5 Å². The summed E-state index contributed by atoms with van der Waals surface area (Å²) in [7, 11) is 1.30. The molecule has 3 amide bonds. The second kappa shape index (κ2) is 11.0. The molecule has 0 radical (unpaired) electrons. The minimum atomic E-state index is -0.580. The van der Waals surface area contributed by atoms with Gasteiger partial charge in [0.15, 0.2) is 0 Å². The zero-order valence-electron chi connectivity index (χ0n) is 19.1. The number of fused-ring (bicyclic) bond motifs is 1. The Balaban J connectivity index is 0.00000114. The molecule has 1 aromatic heterocycles. The number of amides is 3. The summed E-state index contributed by atoms with van der Waals surface area (Å²) >= 11 is 0. The first-order valence-electron chi connectivity index (χ1n) is 10.2. The second-order valence-corrected chi connectivity index (χ2v) is 7.30. The number of terminal acetylenes is 1. The van der Waals surface area contributed by atoms with Crippen molar-refractivity contribution in [2.45, 2.75) is 40.2 Å². The fraction of sp³-hybridized carbons (Fsp3) is 0.391. The van der Waals surface area contributed by atoms with Gasteiger partial charge in [-0.15, -0.1) is 12.3 Å². The van der Waals surface area contributed by atoms with Gasteiger partial charge in [-0.1, -0.05) is 19.1 Å². The molecule has 170 valence electrons. The van der Waals surface area contributed by atoms with Gasteiger partial charge in [0.1, 0.15) is 5.69 Å². The van der Waals surface area contributed by atoms with Gasteiger partial charge in [0, 0.05) is 18.5 Å². The Morgan fingerprint density at radius 2 is 2.03 bits per heavy atom. The predicted octanol–water partition coefficient (Wildman–Crippen LogP) is 3.18.